The van der Waals surface area contributed by atoms with Gasteiger partial charge in [0.2, 0.25) is 5.91 Å². The van der Waals surface area contributed by atoms with Crippen molar-refractivity contribution in [3.8, 4) is 5.69 Å². The zero-order valence-corrected chi connectivity index (χ0v) is 15.4. The number of halogens is 1. The summed E-state index contributed by atoms with van der Waals surface area (Å²) in [6.45, 7) is 3.86. The van der Waals surface area contributed by atoms with Crippen molar-refractivity contribution in [2.45, 2.75) is 19.0 Å². The van der Waals surface area contributed by atoms with E-state index in [1.807, 2.05) is 66.9 Å². The first-order valence-electron chi connectivity index (χ1n) is 7.70. The molecule has 0 bridgehead atoms. The maximum absolute atomic E-state index is 12.2. The van der Waals surface area contributed by atoms with Crippen molar-refractivity contribution >= 4 is 35.0 Å². The van der Waals surface area contributed by atoms with E-state index >= 15 is 0 Å². The number of benzene rings is 2. The van der Waals surface area contributed by atoms with Gasteiger partial charge in [0.05, 0.1) is 5.75 Å². The zero-order chi connectivity index (χ0) is 17.8. The fourth-order valence-electron chi connectivity index (χ4n) is 2.37. The van der Waals surface area contributed by atoms with E-state index in [0.29, 0.717) is 10.2 Å². The van der Waals surface area contributed by atoms with E-state index in [9.17, 15) is 4.79 Å². The molecule has 0 saturated heterocycles. The SMILES string of the molecule is Cc1cccc(NC(=O)CSc2nnc(C)n2-c2ccc(Cl)cc2)c1. The molecule has 0 aliphatic heterocycles. The lowest BCUT2D eigenvalue weighted by Gasteiger charge is -2.09. The van der Waals surface area contributed by atoms with Crippen molar-refractivity contribution in [3.63, 3.8) is 0 Å². The number of anilines is 1. The Kier molecular flexibility index (Phi) is 5.40. The van der Waals surface area contributed by atoms with Crippen LogP contribution in [0.15, 0.2) is 53.7 Å². The summed E-state index contributed by atoms with van der Waals surface area (Å²) >= 11 is 7.29. The number of hydrogen-bond acceptors (Lipinski definition) is 4. The van der Waals surface area contributed by atoms with Gasteiger partial charge in [0.25, 0.3) is 0 Å². The number of amides is 1. The minimum Gasteiger partial charge on any atom is -0.325 e. The molecule has 0 radical (unpaired) electrons. The number of carbonyl (C=O) groups excluding carboxylic acids is 1. The predicted molar refractivity (Wildman–Crippen MR) is 102 cm³/mol. The highest BCUT2D eigenvalue weighted by Gasteiger charge is 2.13. The Balaban J connectivity index is 1.69. The first-order valence-corrected chi connectivity index (χ1v) is 9.06. The molecule has 2 aromatic carbocycles. The van der Waals surface area contributed by atoms with Crippen molar-refractivity contribution in [3.05, 3.63) is 64.9 Å². The maximum atomic E-state index is 12.2. The predicted octanol–water partition coefficient (Wildman–Crippen LogP) is 4.27. The number of hydrogen-bond donors (Lipinski definition) is 1. The molecule has 0 spiro atoms. The van der Waals surface area contributed by atoms with Gasteiger partial charge in [-0.1, -0.05) is 35.5 Å². The average molecular weight is 373 g/mol. The summed E-state index contributed by atoms with van der Waals surface area (Å²) in [6.07, 6.45) is 0. The highest BCUT2D eigenvalue weighted by atomic mass is 35.5. The molecule has 7 heteroatoms. The Morgan fingerprint density at radius 2 is 1.92 bits per heavy atom. The summed E-state index contributed by atoms with van der Waals surface area (Å²) in [5.41, 5.74) is 2.80. The first kappa shape index (κ1) is 17.5. The standard InChI is InChI=1S/C18H17ClN4OS/c1-12-4-3-5-15(10-12)20-17(24)11-25-18-22-21-13(2)23(18)16-8-6-14(19)7-9-16/h3-10H,11H2,1-2H3,(H,20,24). The second-order valence-electron chi connectivity index (χ2n) is 5.55. The summed E-state index contributed by atoms with van der Waals surface area (Å²) in [5.74, 6) is 0.919. The molecular weight excluding hydrogens is 356 g/mol. The van der Waals surface area contributed by atoms with E-state index in [2.05, 4.69) is 15.5 Å². The summed E-state index contributed by atoms with van der Waals surface area (Å²) in [6, 6.07) is 15.1. The van der Waals surface area contributed by atoms with Gasteiger partial charge in [-0.3, -0.25) is 9.36 Å². The molecule has 0 aliphatic carbocycles. The fraction of sp³-hybridized carbons (Fsp3) is 0.167. The number of nitrogens with zero attached hydrogens (tertiary/aromatic N) is 3. The zero-order valence-electron chi connectivity index (χ0n) is 13.9. The van der Waals surface area contributed by atoms with Crippen LogP contribution in [0.25, 0.3) is 5.69 Å². The molecular formula is C18H17ClN4OS. The molecule has 0 atom stereocenters. The quantitative estimate of drug-likeness (QED) is 0.679. The lowest BCUT2D eigenvalue weighted by atomic mass is 10.2. The van der Waals surface area contributed by atoms with Crippen molar-refractivity contribution in [1.82, 2.24) is 14.8 Å². The van der Waals surface area contributed by atoms with E-state index < -0.39 is 0 Å². The van der Waals surface area contributed by atoms with Crippen LogP contribution in [0, 0.1) is 13.8 Å². The van der Waals surface area contributed by atoms with Gasteiger partial charge in [0.15, 0.2) is 5.16 Å². The molecule has 3 aromatic rings. The van der Waals surface area contributed by atoms with Gasteiger partial charge in [-0.15, -0.1) is 10.2 Å². The fourth-order valence-corrected chi connectivity index (χ4v) is 3.30. The number of thioether (sulfide) groups is 1. The van der Waals surface area contributed by atoms with Crippen LogP contribution >= 0.6 is 23.4 Å². The van der Waals surface area contributed by atoms with Gasteiger partial charge in [0.1, 0.15) is 5.82 Å². The molecule has 0 fully saturated rings. The number of nitrogens with one attached hydrogen (secondary N) is 1. The Labute approximate surface area is 155 Å². The van der Waals surface area contributed by atoms with Crippen LogP contribution in [-0.4, -0.2) is 26.4 Å². The van der Waals surface area contributed by atoms with E-state index in [1.54, 1.807) is 0 Å². The van der Waals surface area contributed by atoms with Crippen LogP contribution in [0.2, 0.25) is 5.02 Å². The molecule has 0 aliphatic rings. The molecule has 1 heterocycles. The lowest BCUT2D eigenvalue weighted by molar-refractivity contribution is -0.113. The molecule has 25 heavy (non-hydrogen) atoms. The summed E-state index contributed by atoms with van der Waals surface area (Å²) in [7, 11) is 0. The normalized spacial score (nSPS) is 10.7. The molecule has 128 valence electrons. The second-order valence-corrected chi connectivity index (χ2v) is 6.93. The Hall–Kier alpha value is -2.31. The third-order valence-electron chi connectivity index (χ3n) is 3.51. The van der Waals surface area contributed by atoms with Crippen molar-refractivity contribution in [2.24, 2.45) is 0 Å². The number of rotatable bonds is 5. The van der Waals surface area contributed by atoms with Gasteiger partial charge >= 0.3 is 0 Å². The average Bonchev–Trinajstić information content (AvgIpc) is 2.95. The smallest absolute Gasteiger partial charge is 0.234 e. The number of aryl methyl sites for hydroxylation is 2. The Morgan fingerprint density at radius 1 is 1.16 bits per heavy atom. The lowest BCUT2D eigenvalue weighted by Crippen LogP contribution is -2.14. The molecule has 1 N–H and O–H groups in total. The van der Waals surface area contributed by atoms with Gasteiger partial charge in [-0.25, -0.2) is 0 Å². The van der Waals surface area contributed by atoms with Crippen LogP contribution in [0.5, 0.6) is 0 Å². The van der Waals surface area contributed by atoms with Crippen LogP contribution < -0.4 is 5.32 Å². The van der Waals surface area contributed by atoms with Crippen LogP contribution in [0.1, 0.15) is 11.4 Å². The molecule has 5 nitrogen and oxygen atoms in total. The van der Waals surface area contributed by atoms with E-state index in [-0.39, 0.29) is 11.7 Å². The minimum absolute atomic E-state index is 0.0843. The van der Waals surface area contributed by atoms with Crippen molar-refractivity contribution in [1.29, 1.82) is 0 Å². The summed E-state index contributed by atoms with van der Waals surface area (Å²) in [5, 5.41) is 12.5. The summed E-state index contributed by atoms with van der Waals surface area (Å²) in [4.78, 5) is 12.2. The third kappa shape index (κ3) is 4.41. The van der Waals surface area contributed by atoms with Gasteiger partial charge < -0.3 is 5.32 Å². The Bertz CT molecular complexity index is 892. The van der Waals surface area contributed by atoms with E-state index in [0.717, 1.165) is 22.8 Å². The molecule has 0 unspecified atom stereocenters. The minimum atomic E-state index is -0.0843. The van der Waals surface area contributed by atoms with Gasteiger partial charge in [-0.05, 0) is 55.8 Å². The van der Waals surface area contributed by atoms with Crippen LogP contribution in [0.3, 0.4) is 0 Å². The monoisotopic (exact) mass is 372 g/mol. The van der Waals surface area contributed by atoms with Gasteiger partial charge in [-0.2, -0.15) is 0 Å². The van der Waals surface area contributed by atoms with Crippen molar-refractivity contribution in [2.75, 3.05) is 11.1 Å². The van der Waals surface area contributed by atoms with E-state index in [1.165, 1.54) is 11.8 Å². The van der Waals surface area contributed by atoms with Crippen LogP contribution in [-0.2, 0) is 4.79 Å². The van der Waals surface area contributed by atoms with Crippen molar-refractivity contribution < 1.29 is 4.79 Å². The number of aromatic nitrogens is 3. The summed E-state index contributed by atoms with van der Waals surface area (Å²) < 4.78 is 1.90. The molecule has 1 aromatic heterocycles. The molecule has 1 amide bonds. The Morgan fingerprint density at radius 3 is 2.64 bits per heavy atom. The highest BCUT2D eigenvalue weighted by molar-refractivity contribution is 7.99. The molecule has 3 rings (SSSR count). The second kappa shape index (κ2) is 7.72. The topological polar surface area (TPSA) is 59.8 Å². The largest absolute Gasteiger partial charge is 0.325 e. The maximum Gasteiger partial charge on any atom is 0.234 e. The number of carbonyl (C=O) groups is 1. The first-order chi connectivity index (χ1) is 12.0. The molecule has 0 saturated carbocycles. The van der Waals surface area contributed by atoms with Crippen LogP contribution in [0.4, 0.5) is 5.69 Å². The highest BCUT2D eigenvalue weighted by Crippen LogP contribution is 2.23. The van der Waals surface area contributed by atoms with E-state index in [4.69, 9.17) is 11.6 Å². The third-order valence-corrected chi connectivity index (χ3v) is 4.70. The van der Waals surface area contributed by atoms with Gasteiger partial charge in [0, 0.05) is 16.4 Å².